The van der Waals surface area contributed by atoms with E-state index in [9.17, 15) is 14.9 Å². The Morgan fingerprint density at radius 1 is 1.11 bits per heavy atom. The number of nitrogens with one attached hydrogen (secondary N) is 1. The molecule has 0 fully saturated rings. The molecule has 0 radical (unpaired) electrons. The van der Waals surface area contributed by atoms with Crippen LogP contribution in [0.5, 0.6) is 0 Å². The molecule has 10 heteroatoms. The van der Waals surface area contributed by atoms with E-state index in [4.69, 9.17) is 0 Å². The summed E-state index contributed by atoms with van der Waals surface area (Å²) >= 11 is 1.31. The molecule has 4 rings (SSSR count). The molecule has 3 aromatic rings. The maximum Gasteiger partial charge on any atom is 0.269 e. The van der Waals surface area contributed by atoms with Crippen LogP contribution in [-0.4, -0.2) is 37.9 Å². The van der Waals surface area contributed by atoms with Gasteiger partial charge in [-0.15, -0.1) is 10.2 Å². The fraction of sp³-hybridized carbons (Fsp3) is 0.167. The second kappa shape index (κ2) is 7.69. The fourth-order valence-corrected chi connectivity index (χ4v) is 3.69. The molecule has 0 aliphatic carbocycles. The second-order valence-electron chi connectivity index (χ2n) is 6.06. The lowest BCUT2D eigenvalue weighted by molar-refractivity contribution is -0.384. The van der Waals surface area contributed by atoms with Crippen molar-refractivity contribution in [2.75, 3.05) is 22.5 Å². The van der Waals surface area contributed by atoms with Crippen LogP contribution >= 0.6 is 11.8 Å². The number of nitro groups is 1. The van der Waals surface area contributed by atoms with Gasteiger partial charge in [0, 0.05) is 36.6 Å². The normalized spacial score (nSPS) is 12.6. The smallest absolute Gasteiger partial charge is 0.269 e. The lowest BCUT2D eigenvalue weighted by atomic mass is 10.3. The molecule has 142 valence electrons. The number of hydrogen-bond acceptors (Lipinski definition) is 7. The molecule has 2 heterocycles. The zero-order chi connectivity index (χ0) is 19.5. The van der Waals surface area contributed by atoms with Crippen molar-refractivity contribution >= 4 is 40.7 Å². The molecule has 0 spiro atoms. The molecule has 0 saturated carbocycles. The third-order valence-electron chi connectivity index (χ3n) is 4.25. The van der Waals surface area contributed by atoms with E-state index in [0.717, 1.165) is 24.7 Å². The fourth-order valence-electron chi connectivity index (χ4n) is 2.93. The van der Waals surface area contributed by atoms with Gasteiger partial charge in [0.1, 0.15) is 0 Å². The van der Waals surface area contributed by atoms with Crippen molar-refractivity contribution in [3.8, 4) is 0 Å². The van der Waals surface area contributed by atoms with Crippen LogP contribution in [0.1, 0.15) is 0 Å². The number of carbonyl (C=O) groups is 1. The van der Waals surface area contributed by atoms with Gasteiger partial charge in [-0.1, -0.05) is 30.0 Å². The first-order valence-corrected chi connectivity index (χ1v) is 9.53. The number of rotatable bonds is 6. The van der Waals surface area contributed by atoms with Crippen LogP contribution in [0, 0.1) is 10.1 Å². The third kappa shape index (κ3) is 3.67. The van der Waals surface area contributed by atoms with Crippen molar-refractivity contribution in [1.82, 2.24) is 14.8 Å². The molecular weight excluding hydrogens is 380 g/mol. The summed E-state index contributed by atoms with van der Waals surface area (Å²) < 4.78 is 2.00. The summed E-state index contributed by atoms with van der Waals surface area (Å²) in [6, 6.07) is 15.7. The average Bonchev–Trinajstić information content (AvgIpc) is 3.30. The van der Waals surface area contributed by atoms with E-state index < -0.39 is 4.92 Å². The molecule has 0 unspecified atom stereocenters. The number of non-ortho nitro benzene ring substituents is 1. The SMILES string of the molecule is O=C(CSc1nnc2n1CCN2c1ccccc1)Nc1ccc([N+](=O)[O-])cc1. The van der Waals surface area contributed by atoms with Crippen LogP contribution in [-0.2, 0) is 11.3 Å². The van der Waals surface area contributed by atoms with E-state index in [2.05, 4.69) is 20.4 Å². The second-order valence-corrected chi connectivity index (χ2v) is 7.00. The van der Waals surface area contributed by atoms with Crippen LogP contribution < -0.4 is 10.2 Å². The van der Waals surface area contributed by atoms with Crippen LogP contribution in [0.2, 0.25) is 0 Å². The quantitative estimate of drug-likeness (QED) is 0.388. The highest BCUT2D eigenvalue weighted by molar-refractivity contribution is 7.99. The molecule has 0 atom stereocenters. The van der Waals surface area contributed by atoms with Crippen LogP contribution in [0.15, 0.2) is 59.8 Å². The number of anilines is 3. The highest BCUT2D eigenvalue weighted by Gasteiger charge is 2.26. The summed E-state index contributed by atoms with van der Waals surface area (Å²) in [6.45, 7) is 1.56. The zero-order valence-corrected chi connectivity index (χ0v) is 15.5. The van der Waals surface area contributed by atoms with Crippen LogP contribution in [0.4, 0.5) is 23.0 Å². The van der Waals surface area contributed by atoms with Gasteiger partial charge in [0.15, 0.2) is 5.16 Å². The molecule has 0 bridgehead atoms. The number of fused-ring (bicyclic) bond motifs is 1. The van der Waals surface area contributed by atoms with E-state index >= 15 is 0 Å². The Hall–Kier alpha value is -3.40. The van der Waals surface area contributed by atoms with Crippen molar-refractivity contribution in [3.05, 3.63) is 64.7 Å². The van der Waals surface area contributed by atoms with E-state index in [1.165, 1.54) is 36.0 Å². The van der Waals surface area contributed by atoms with Crippen LogP contribution in [0.3, 0.4) is 0 Å². The number of aromatic nitrogens is 3. The molecule has 28 heavy (non-hydrogen) atoms. The number of hydrogen-bond donors (Lipinski definition) is 1. The topological polar surface area (TPSA) is 106 Å². The Labute approximate surface area is 164 Å². The lowest BCUT2D eigenvalue weighted by Crippen LogP contribution is -2.14. The molecule has 1 aromatic heterocycles. The highest BCUT2D eigenvalue weighted by atomic mass is 32.2. The minimum absolute atomic E-state index is 0.0191. The predicted molar refractivity (Wildman–Crippen MR) is 106 cm³/mol. The molecule has 0 saturated heterocycles. The van der Waals surface area contributed by atoms with E-state index in [1.54, 1.807) is 0 Å². The summed E-state index contributed by atoms with van der Waals surface area (Å²) in [5.74, 6) is 0.721. The first-order chi connectivity index (χ1) is 13.6. The van der Waals surface area contributed by atoms with Gasteiger partial charge >= 0.3 is 0 Å². The zero-order valence-electron chi connectivity index (χ0n) is 14.7. The Balaban J connectivity index is 1.37. The molecule has 1 aliphatic heterocycles. The van der Waals surface area contributed by atoms with Crippen molar-refractivity contribution < 1.29 is 9.72 Å². The van der Waals surface area contributed by atoms with E-state index in [0.29, 0.717) is 10.8 Å². The summed E-state index contributed by atoms with van der Waals surface area (Å²) in [7, 11) is 0. The molecule has 2 aromatic carbocycles. The number of nitrogens with zero attached hydrogens (tertiary/aromatic N) is 5. The minimum Gasteiger partial charge on any atom is -0.325 e. The number of amides is 1. The van der Waals surface area contributed by atoms with Crippen molar-refractivity contribution in [1.29, 1.82) is 0 Å². The number of benzene rings is 2. The summed E-state index contributed by atoms with van der Waals surface area (Å²) in [4.78, 5) is 24.5. The number of thioether (sulfide) groups is 1. The van der Waals surface area contributed by atoms with E-state index in [-0.39, 0.29) is 17.3 Å². The Morgan fingerprint density at radius 3 is 2.57 bits per heavy atom. The van der Waals surface area contributed by atoms with Gasteiger partial charge in [0.2, 0.25) is 11.9 Å². The standard InChI is InChI=1S/C18H16N6O3S/c25-16(19-13-6-8-15(9-7-13)24(26)27)12-28-18-21-20-17-22(10-11-23(17)18)14-4-2-1-3-5-14/h1-9H,10-12H2,(H,19,25). The highest BCUT2D eigenvalue weighted by Crippen LogP contribution is 2.31. The van der Waals surface area contributed by atoms with Gasteiger partial charge in [-0.3, -0.25) is 19.5 Å². The van der Waals surface area contributed by atoms with Gasteiger partial charge < -0.3 is 10.2 Å². The number of carbonyl (C=O) groups excluding carboxylic acids is 1. The van der Waals surface area contributed by atoms with Gasteiger partial charge in [-0.05, 0) is 24.3 Å². The number of para-hydroxylation sites is 1. The van der Waals surface area contributed by atoms with Crippen LogP contribution in [0.25, 0.3) is 0 Å². The van der Waals surface area contributed by atoms with Crippen molar-refractivity contribution in [2.24, 2.45) is 0 Å². The predicted octanol–water partition coefficient (Wildman–Crippen LogP) is 3.07. The third-order valence-corrected chi connectivity index (χ3v) is 5.21. The van der Waals surface area contributed by atoms with Gasteiger partial charge in [-0.2, -0.15) is 0 Å². The maximum absolute atomic E-state index is 12.2. The first kappa shape index (κ1) is 18.0. The average molecular weight is 396 g/mol. The monoisotopic (exact) mass is 396 g/mol. The molecule has 1 aliphatic rings. The maximum atomic E-state index is 12.2. The van der Waals surface area contributed by atoms with Gasteiger partial charge in [0.05, 0.1) is 10.7 Å². The molecule has 1 amide bonds. The Kier molecular flexibility index (Phi) is 4.94. The van der Waals surface area contributed by atoms with Gasteiger partial charge in [0.25, 0.3) is 5.69 Å². The minimum atomic E-state index is -0.480. The summed E-state index contributed by atoms with van der Waals surface area (Å²) in [6.07, 6.45) is 0. The largest absolute Gasteiger partial charge is 0.325 e. The Morgan fingerprint density at radius 2 is 1.86 bits per heavy atom. The lowest BCUT2D eigenvalue weighted by Gasteiger charge is -2.14. The van der Waals surface area contributed by atoms with Gasteiger partial charge in [-0.25, -0.2) is 0 Å². The first-order valence-electron chi connectivity index (χ1n) is 8.55. The molecule has 9 nitrogen and oxygen atoms in total. The molecular formula is C18H16N6O3S. The molecule has 1 N–H and O–H groups in total. The number of nitro benzene ring substituents is 1. The van der Waals surface area contributed by atoms with Crippen molar-refractivity contribution in [3.63, 3.8) is 0 Å². The van der Waals surface area contributed by atoms with Crippen molar-refractivity contribution in [2.45, 2.75) is 11.7 Å². The van der Waals surface area contributed by atoms with E-state index in [1.807, 2.05) is 34.9 Å². The summed E-state index contributed by atoms with van der Waals surface area (Å²) in [5.41, 5.74) is 1.55. The Bertz CT molecular complexity index is 1010. The summed E-state index contributed by atoms with van der Waals surface area (Å²) in [5, 5.41) is 22.5.